The Bertz CT molecular complexity index is 1070. The third-order valence-electron chi connectivity index (χ3n) is 5.05. The van der Waals surface area contributed by atoms with E-state index in [1.807, 2.05) is 6.07 Å². The fourth-order valence-corrected chi connectivity index (χ4v) is 4.39. The number of sulfonamides is 1. The van der Waals surface area contributed by atoms with Gasteiger partial charge in [-0.2, -0.15) is 5.26 Å². The van der Waals surface area contributed by atoms with Crippen LogP contribution in [0.25, 0.3) is 0 Å². The summed E-state index contributed by atoms with van der Waals surface area (Å²) in [5.41, 5.74) is 1.35. The van der Waals surface area contributed by atoms with Gasteiger partial charge in [0.25, 0.3) is 11.8 Å². The fourth-order valence-electron chi connectivity index (χ4n) is 3.36. The molecule has 8 nitrogen and oxygen atoms in total. The van der Waals surface area contributed by atoms with E-state index in [1.165, 1.54) is 24.3 Å². The predicted molar refractivity (Wildman–Crippen MR) is 116 cm³/mol. The maximum absolute atomic E-state index is 12.4. The normalized spacial score (nSPS) is 14.0. The summed E-state index contributed by atoms with van der Waals surface area (Å²) in [6, 6.07) is 14.2. The van der Waals surface area contributed by atoms with Crippen molar-refractivity contribution < 1.29 is 18.0 Å². The van der Waals surface area contributed by atoms with E-state index in [0.29, 0.717) is 16.8 Å². The summed E-state index contributed by atoms with van der Waals surface area (Å²) in [5.74, 6) is -0.519. The highest BCUT2D eigenvalue weighted by Gasteiger charge is 2.18. The molecule has 0 atom stereocenters. The van der Waals surface area contributed by atoms with Crippen LogP contribution in [0.1, 0.15) is 52.8 Å². The summed E-state index contributed by atoms with van der Waals surface area (Å²) < 4.78 is 26.6. The lowest BCUT2D eigenvalue weighted by atomic mass is 10.1. The Morgan fingerprint density at radius 3 is 2.13 bits per heavy atom. The van der Waals surface area contributed by atoms with Crippen molar-refractivity contribution in [3.05, 3.63) is 59.7 Å². The van der Waals surface area contributed by atoms with Gasteiger partial charge < -0.3 is 10.6 Å². The Morgan fingerprint density at radius 1 is 0.935 bits per heavy atom. The standard InChI is InChI=1S/C22H24N4O4S/c23-14-3-15-24-31(29,30)20-12-8-17(9-13-20)22(28)26-19-10-6-16(7-11-19)21(27)25-18-4-1-2-5-18/h6-13,18,24H,1-5,15H2,(H,25,27)(H,26,28). The molecule has 0 heterocycles. The molecular formula is C22H24N4O4S. The SMILES string of the molecule is N#CCCNS(=O)(=O)c1ccc(C(=O)Nc2ccc(C(=O)NC3CCCC3)cc2)cc1. The minimum Gasteiger partial charge on any atom is -0.349 e. The summed E-state index contributed by atoms with van der Waals surface area (Å²) >= 11 is 0. The first-order valence-corrected chi connectivity index (χ1v) is 11.6. The van der Waals surface area contributed by atoms with Crippen molar-refractivity contribution in [1.29, 1.82) is 5.26 Å². The van der Waals surface area contributed by atoms with E-state index in [0.717, 1.165) is 25.7 Å². The van der Waals surface area contributed by atoms with E-state index < -0.39 is 15.9 Å². The first-order chi connectivity index (χ1) is 14.9. The molecule has 3 rings (SSSR count). The summed E-state index contributed by atoms with van der Waals surface area (Å²) in [5, 5.41) is 14.2. The highest BCUT2D eigenvalue weighted by Crippen LogP contribution is 2.19. The molecule has 2 aromatic carbocycles. The van der Waals surface area contributed by atoms with Gasteiger partial charge >= 0.3 is 0 Å². The van der Waals surface area contributed by atoms with Gasteiger partial charge in [-0.25, -0.2) is 13.1 Å². The van der Waals surface area contributed by atoms with Gasteiger partial charge in [-0.15, -0.1) is 0 Å². The number of carbonyl (C=O) groups excluding carboxylic acids is 2. The van der Waals surface area contributed by atoms with E-state index in [1.54, 1.807) is 24.3 Å². The molecule has 0 aliphatic heterocycles. The molecule has 0 aromatic heterocycles. The average molecular weight is 441 g/mol. The number of anilines is 1. The smallest absolute Gasteiger partial charge is 0.255 e. The number of carbonyl (C=O) groups is 2. The Morgan fingerprint density at radius 2 is 1.52 bits per heavy atom. The van der Waals surface area contributed by atoms with Gasteiger partial charge in [0.1, 0.15) is 0 Å². The van der Waals surface area contributed by atoms with Crippen LogP contribution in [0.5, 0.6) is 0 Å². The third kappa shape index (κ3) is 6.13. The molecular weight excluding hydrogens is 416 g/mol. The molecule has 0 radical (unpaired) electrons. The second kappa shape index (κ2) is 10.2. The fraction of sp³-hybridized carbons (Fsp3) is 0.318. The van der Waals surface area contributed by atoms with Crippen molar-refractivity contribution in [2.24, 2.45) is 0 Å². The third-order valence-corrected chi connectivity index (χ3v) is 6.53. The number of hydrogen-bond donors (Lipinski definition) is 3. The monoisotopic (exact) mass is 440 g/mol. The van der Waals surface area contributed by atoms with Crippen LogP contribution >= 0.6 is 0 Å². The molecule has 0 spiro atoms. The zero-order valence-corrected chi connectivity index (χ0v) is 17.7. The summed E-state index contributed by atoms with van der Waals surface area (Å²) in [6.07, 6.45) is 4.37. The summed E-state index contributed by atoms with van der Waals surface area (Å²) in [7, 11) is -3.73. The lowest BCUT2D eigenvalue weighted by molar-refractivity contribution is 0.0937. The van der Waals surface area contributed by atoms with Gasteiger partial charge in [-0.3, -0.25) is 9.59 Å². The van der Waals surface area contributed by atoms with Crippen molar-refractivity contribution in [3.8, 4) is 6.07 Å². The molecule has 1 aliphatic carbocycles. The highest BCUT2D eigenvalue weighted by molar-refractivity contribution is 7.89. The maximum Gasteiger partial charge on any atom is 0.255 e. The Labute approximate surface area is 181 Å². The average Bonchev–Trinajstić information content (AvgIpc) is 3.27. The van der Waals surface area contributed by atoms with E-state index in [-0.39, 0.29) is 29.8 Å². The van der Waals surface area contributed by atoms with Crippen molar-refractivity contribution >= 4 is 27.5 Å². The molecule has 0 saturated heterocycles. The Balaban J connectivity index is 1.58. The molecule has 9 heteroatoms. The van der Waals surface area contributed by atoms with E-state index >= 15 is 0 Å². The minimum atomic E-state index is -3.73. The van der Waals surface area contributed by atoms with Gasteiger partial charge in [-0.1, -0.05) is 12.8 Å². The van der Waals surface area contributed by atoms with E-state index in [2.05, 4.69) is 15.4 Å². The molecule has 1 aliphatic rings. The number of nitrogens with zero attached hydrogens (tertiary/aromatic N) is 1. The number of hydrogen-bond acceptors (Lipinski definition) is 5. The largest absolute Gasteiger partial charge is 0.349 e. The van der Waals surface area contributed by atoms with Gasteiger partial charge in [0.2, 0.25) is 10.0 Å². The molecule has 0 unspecified atom stereocenters. The van der Waals surface area contributed by atoms with Crippen LogP contribution in [-0.4, -0.2) is 32.8 Å². The second-order valence-corrected chi connectivity index (χ2v) is 9.08. The molecule has 3 N–H and O–H groups in total. The van der Waals surface area contributed by atoms with E-state index in [4.69, 9.17) is 5.26 Å². The number of rotatable bonds is 8. The van der Waals surface area contributed by atoms with Crippen LogP contribution in [0.2, 0.25) is 0 Å². The topological polar surface area (TPSA) is 128 Å². The van der Waals surface area contributed by atoms with Crippen molar-refractivity contribution in [2.45, 2.75) is 43.0 Å². The quantitative estimate of drug-likeness (QED) is 0.544. The van der Waals surface area contributed by atoms with Crippen LogP contribution in [0.3, 0.4) is 0 Å². The van der Waals surface area contributed by atoms with Crippen LogP contribution in [0.15, 0.2) is 53.4 Å². The zero-order valence-electron chi connectivity index (χ0n) is 16.9. The van der Waals surface area contributed by atoms with Crippen LogP contribution in [0, 0.1) is 11.3 Å². The molecule has 0 bridgehead atoms. The second-order valence-electron chi connectivity index (χ2n) is 7.32. The van der Waals surface area contributed by atoms with Gasteiger partial charge in [0, 0.05) is 35.8 Å². The van der Waals surface area contributed by atoms with Crippen LogP contribution in [0.4, 0.5) is 5.69 Å². The molecule has 1 fully saturated rings. The number of amides is 2. The minimum absolute atomic E-state index is 0.0135. The summed E-state index contributed by atoms with van der Waals surface area (Å²) in [4.78, 5) is 24.7. The maximum atomic E-state index is 12.4. The lowest BCUT2D eigenvalue weighted by Crippen LogP contribution is -2.32. The lowest BCUT2D eigenvalue weighted by Gasteiger charge is -2.12. The first kappa shape index (κ1) is 22.5. The molecule has 31 heavy (non-hydrogen) atoms. The molecule has 162 valence electrons. The molecule has 2 amide bonds. The van der Waals surface area contributed by atoms with Crippen molar-refractivity contribution in [3.63, 3.8) is 0 Å². The number of benzene rings is 2. The predicted octanol–water partition coefficient (Wildman–Crippen LogP) is 2.80. The number of nitriles is 1. The highest BCUT2D eigenvalue weighted by atomic mass is 32.2. The van der Waals surface area contributed by atoms with Crippen molar-refractivity contribution in [2.75, 3.05) is 11.9 Å². The zero-order chi connectivity index (χ0) is 22.3. The van der Waals surface area contributed by atoms with Gasteiger partial charge in [-0.05, 0) is 61.4 Å². The van der Waals surface area contributed by atoms with Gasteiger partial charge in [0.05, 0.1) is 11.0 Å². The first-order valence-electron chi connectivity index (χ1n) is 10.1. The van der Waals surface area contributed by atoms with Gasteiger partial charge in [0.15, 0.2) is 0 Å². The van der Waals surface area contributed by atoms with Crippen LogP contribution < -0.4 is 15.4 Å². The van der Waals surface area contributed by atoms with Crippen LogP contribution in [-0.2, 0) is 10.0 Å². The number of nitrogens with one attached hydrogen (secondary N) is 3. The molecule has 2 aromatic rings. The Hall–Kier alpha value is -3.22. The summed E-state index contributed by atoms with van der Waals surface area (Å²) in [6.45, 7) is 0.0236. The Kier molecular flexibility index (Phi) is 7.39. The van der Waals surface area contributed by atoms with E-state index in [9.17, 15) is 18.0 Å². The molecule has 1 saturated carbocycles. The van der Waals surface area contributed by atoms with Crippen molar-refractivity contribution in [1.82, 2.24) is 10.0 Å².